The number of carboxylic acid groups (broad SMARTS) is 1. The van der Waals surface area contributed by atoms with Crippen molar-refractivity contribution in [1.82, 2.24) is 0 Å². The van der Waals surface area contributed by atoms with Crippen LogP contribution in [0.3, 0.4) is 0 Å². The molecule has 0 aromatic heterocycles. The van der Waals surface area contributed by atoms with Crippen molar-refractivity contribution in [1.29, 1.82) is 0 Å². The number of anilines is 1. The summed E-state index contributed by atoms with van der Waals surface area (Å²) in [5.74, 6) is -0.939. The van der Waals surface area contributed by atoms with Crippen LogP contribution < -0.4 is 5.73 Å². The van der Waals surface area contributed by atoms with E-state index in [1.165, 1.54) is 0 Å². The first-order chi connectivity index (χ1) is 8.49. The van der Waals surface area contributed by atoms with Gasteiger partial charge in [-0.1, -0.05) is 23.8 Å². The molecule has 3 heteroatoms. The molecule has 18 heavy (non-hydrogen) atoms. The summed E-state index contributed by atoms with van der Waals surface area (Å²) in [7, 11) is 0. The van der Waals surface area contributed by atoms with Gasteiger partial charge in [-0.3, -0.25) is 0 Å². The smallest absolute Gasteiger partial charge is 0.336 e. The third-order valence-corrected chi connectivity index (χ3v) is 2.96. The van der Waals surface area contributed by atoms with E-state index in [0.717, 1.165) is 16.7 Å². The second kappa shape index (κ2) is 4.53. The average Bonchev–Trinajstić information content (AvgIpc) is 2.31. The molecule has 0 spiro atoms. The highest BCUT2D eigenvalue weighted by molar-refractivity contribution is 5.97. The number of aryl methyl sites for hydroxylation is 2. The molecule has 0 unspecified atom stereocenters. The molecule has 0 saturated carbocycles. The van der Waals surface area contributed by atoms with Crippen LogP contribution in [0.4, 0.5) is 5.69 Å². The maximum atomic E-state index is 11.3. The van der Waals surface area contributed by atoms with Crippen molar-refractivity contribution in [2.75, 3.05) is 5.73 Å². The lowest BCUT2D eigenvalue weighted by Gasteiger charge is -2.11. The number of rotatable bonds is 2. The Balaban J connectivity index is 2.73. The van der Waals surface area contributed by atoms with E-state index >= 15 is 0 Å². The van der Waals surface area contributed by atoms with E-state index in [4.69, 9.17) is 5.73 Å². The van der Waals surface area contributed by atoms with Gasteiger partial charge in [0.05, 0.1) is 5.56 Å². The molecule has 3 nitrogen and oxygen atoms in total. The Morgan fingerprint density at radius 2 is 1.78 bits per heavy atom. The van der Waals surface area contributed by atoms with E-state index in [2.05, 4.69) is 0 Å². The van der Waals surface area contributed by atoms with Gasteiger partial charge in [0.15, 0.2) is 0 Å². The van der Waals surface area contributed by atoms with Crippen LogP contribution >= 0.6 is 0 Å². The van der Waals surface area contributed by atoms with Gasteiger partial charge < -0.3 is 10.8 Å². The second-order valence-corrected chi connectivity index (χ2v) is 4.43. The Morgan fingerprint density at radius 3 is 2.44 bits per heavy atom. The molecule has 0 aliphatic rings. The molecule has 0 aliphatic carbocycles. The summed E-state index contributed by atoms with van der Waals surface area (Å²) in [4.78, 5) is 11.3. The minimum atomic E-state index is -0.939. The molecule has 0 saturated heterocycles. The zero-order valence-corrected chi connectivity index (χ0v) is 10.4. The molecule has 0 heterocycles. The molecular weight excluding hydrogens is 226 g/mol. The average molecular weight is 241 g/mol. The van der Waals surface area contributed by atoms with Crippen LogP contribution in [0.15, 0.2) is 36.4 Å². The van der Waals surface area contributed by atoms with Crippen molar-refractivity contribution in [3.8, 4) is 11.1 Å². The SMILES string of the molecule is Cc1ccc(C)c(-c2cc(N)ccc2C(=O)O)c1. The summed E-state index contributed by atoms with van der Waals surface area (Å²) in [5.41, 5.74) is 10.3. The lowest BCUT2D eigenvalue weighted by atomic mass is 9.94. The van der Waals surface area contributed by atoms with E-state index in [-0.39, 0.29) is 5.56 Å². The van der Waals surface area contributed by atoms with Gasteiger partial charge in [-0.25, -0.2) is 4.79 Å². The van der Waals surface area contributed by atoms with E-state index in [1.807, 2.05) is 32.0 Å². The molecule has 0 fully saturated rings. The van der Waals surface area contributed by atoms with Gasteiger partial charge in [0, 0.05) is 5.69 Å². The molecule has 2 aromatic rings. The number of nitrogens with two attached hydrogens (primary N) is 1. The van der Waals surface area contributed by atoms with Crippen LogP contribution in [0.1, 0.15) is 21.5 Å². The number of hydrogen-bond donors (Lipinski definition) is 2. The molecule has 0 atom stereocenters. The van der Waals surface area contributed by atoms with Crippen molar-refractivity contribution >= 4 is 11.7 Å². The van der Waals surface area contributed by atoms with Crippen LogP contribution in [-0.4, -0.2) is 11.1 Å². The molecule has 0 amide bonds. The monoisotopic (exact) mass is 241 g/mol. The molecule has 0 aliphatic heterocycles. The number of nitrogen functional groups attached to an aromatic ring is 1. The van der Waals surface area contributed by atoms with Gasteiger partial charge in [-0.2, -0.15) is 0 Å². The first-order valence-electron chi connectivity index (χ1n) is 5.69. The van der Waals surface area contributed by atoms with Crippen LogP contribution in [0.5, 0.6) is 0 Å². The van der Waals surface area contributed by atoms with Gasteiger partial charge in [-0.05, 0) is 48.7 Å². The van der Waals surface area contributed by atoms with Crippen molar-refractivity contribution in [2.45, 2.75) is 13.8 Å². The highest BCUT2D eigenvalue weighted by atomic mass is 16.4. The van der Waals surface area contributed by atoms with E-state index < -0.39 is 5.97 Å². The minimum absolute atomic E-state index is 0.276. The molecule has 2 rings (SSSR count). The quantitative estimate of drug-likeness (QED) is 0.793. The van der Waals surface area contributed by atoms with Gasteiger partial charge in [0.25, 0.3) is 0 Å². The van der Waals surface area contributed by atoms with Crippen molar-refractivity contribution < 1.29 is 9.90 Å². The fraction of sp³-hybridized carbons (Fsp3) is 0.133. The highest BCUT2D eigenvalue weighted by Crippen LogP contribution is 2.29. The van der Waals surface area contributed by atoms with Gasteiger partial charge in [-0.15, -0.1) is 0 Å². The maximum absolute atomic E-state index is 11.3. The summed E-state index contributed by atoms with van der Waals surface area (Å²) in [5, 5.41) is 9.24. The lowest BCUT2D eigenvalue weighted by molar-refractivity contribution is 0.0698. The summed E-state index contributed by atoms with van der Waals surface area (Å²) in [6.45, 7) is 3.94. The molecule has 0 bridgehead atoms. The number of carbonyl (C=O) groups is 1. The van der Waals surface area contributed by atoms with Gasteiger partial charge in [0.1, 0.15) is 0 Å². The Kier molecular flexibility index (Phi) is 3.06. The van der Waals surface area contributed by atoms with Crippen LogP contribution in [-0.2, 0) is 0 Å². The Morgan fingerprint density at radius 1 is 1.06 bits per heavy atom. The second-order valence-electron chi connectivity index (χ2n) is 4.43. The van der Waals surface area contributed by atoms with E-state index in [0.29, 0.717) is 11.3 Å². The fourth-order valence-corrected chi connectivity index (χ4v) is 2.00. The topological polar surface area (TPSA) is 63.3 Å². The first kappa shape index (κ1) is 12.2. The summed E-state index contributed by atoms with van der Waals surface area (Å²) in [6.07, 6.45) is 0. The molecule has 2 aromatic carbocycles. The van der Waals surface area contributed by atoms with Crippen LogP contribution in [0, 0.1) is 13.8 Å². The Bertz CT molecular complexity index is 618. The number of aromatic carboxylic acids is 1. The Hall–Kier alpha value is -2.29. The molecule has 92 valence electrons. The predicted molar refractivity (Wildman–Crippen MR) is 72.7 cm³/mol. The molecule has 0 radical (unpaired) electrons. The Labute approximate surface area is 106 Å². The summed E-state index contributed by atoms with van der Waals surface area (Å²) >= 11 is 0. The zero-order valence-electron chi connectivity index (χ0n) is 10.4. The third kappa shape index (κ3) is 2.20. The fourth-order valence-electron chi connectivity index (χ4n) is 2.00. The number of hydrogen-bond acceptors (Lipinski definition) is 2. The van der Waals surface area contributed by atoms with Gasteiger partial charge in [0.2, 0.25) is 0 Å². The normalized spacial score (nSPS) is 10.3. The number of carboxylic acids is 1. The molecule has 3 N–H and O–H groups in total. The van der Waals surface area contributed by atoms with E-state index in [1.54, 1.807) is 18.2 Å². The van der Waals surface area contributed by atoms with Crippen LogP contribution in [0.25, 0.3) is 11.1 Å². The minimum Gasteiger partial charge on any atom is -0.478 e. The van der Waals surface area contributed by atoms with Crippen LogP contribution in [0.2, 0.25) is 0 Å². The standard InChI is InChI=1S/C15H15NO2/c1-9-3-4-10(2)13(7-9)14-8-11(16)5-6-12(14)15(17)18/h3-8H,16H2,1-2H3,(H,17,18). The van der Waals surface area contributed by atoms with Crippen molar-refractivity contribution in [3.05, 3.63) is 53.1 Å². The third-order valence-electron chi connectivity index (χ3n) is 2.96. The van der Waals surface area contributed by atoms with Gasteiger partial charge >= 0.3 is 5.97 Å². The number of benzene rings is 2. The van der Waals surface area contributed by atoms with E-state index in [9.17, 15) is 9.90 Å². The predicted octanol–water partition coefficient (Wildman–Crippen LogP) is 3.25. The lowest BCUT2D eigenvalue weighted by Crippen LogP contribution is -2.01. The van der Waals surface area contributed by atoms with Crippen molar-refractivity contribution in [2.24, 2.45) is 0 Å². The first-order valence-corrected chi connectivity index (χ1v) is 5.69. The largest absolute Gasteiger partial charge is 0.478 e. The summed E-state index contributed by atoms with van der Waals surface area (Å²) < 4.78 is 0. The summed E-state index contributed by atoms with van der Waals surface area (Å²) in [6, 6.07) is 10.8. The molecular formula is C15H15NO2. The van der Waals surface area contributed by atoms with Crippen molar-refractivity contribution in [3.63, 3.8) is 0 Å². The maximum Gasteiger partial charge on any atom is 0.336 e. The highest BCUT2D eigenvalue weighted by Gasteiger charge is 2.13. The zero-order chi connectivity index (χ0) is 13.3.